The summed E-state index contributed by atoms with van der Waals surface area (Å²) in [6.07, 6.45) is 3.37. The van der Waals surface area contributed by atoms with Crippen molar-refractivity contribution in [2.45, 2.75) is 25.5 Å². The van der Waals surface area contributed by atoms with Crippen LogP contribution in [0.2, 0.25) is 0 Å². The highest BCUT2D eigenvalue weighted by atomic mass is 32.2. The van der Waals surface area contributed by atoms with Crippen molar-refractivity contribution in [2.24, 2.45) is 0 Å². The Hall–Kier alpha value is -3.63. The van der Waals surface area contributed by atoms with Gasteiger partial charge in [-0.2, -0.15) is 0 Å². The molecule has 5 rings (SSSR count). The number of pyridine rings is 1. The van der Waals surface area contributed by atoms with E-state index < -0.39 is 0 Å². The van der Waals surface area contributed by atoms with Gasteiger partial charge >= 0.3 is 0 Å². The third-order valence-electron chi connectivity index (χ3n) is 5.16. The summed E-state index contributed by atoms with van der Waals surface area (Å²) in [7, 11) is 0. The van der Waals surface area contributed by atoms with Gasteiger partial charge in [-0.25, -0.2) is 4.98 Å². The van der Waals surface area contributed by atoms with Crippen LogP contribution in [0.5, 0.6) is 0 Å². The molecule has 0 bridgehead atoms. The average Bonchev–Trinajstić information content (AvgIpc) is 3.52. The number of benzene rings is 1. The lowest BCUT2D eigenvalue weighted by molar-refractivity contribution is -0.113. The molecule has 3 N–H and O–H groups in total. The van der Waals surface area contributed by atoms with E-state index in [1.807, 2.05) is 54.8 Å². The van der Waals surface area contributed by atoms with Crippen LogP contribution in [0.3, 0.4) is 0 Å². The largest absolute Gasteiger partial charge is 0.467 e. The van der Waals surface area contributed by atoms with E-state index in [-0.39, 0.29) is 11.7 Å². The molecule has 5 aromatic rings. The van der Waals surface area contributed by atoms with Crippen LogP contribution in [0, 0.1) is 13.8 Å². The van der Waals surface area contributed by atoms with Crippen LogP contribution in [0.15, 0.2) is 64.5 Å². The van der Waals surface area contributed by atoms with Crippen molar-refractivity contribution in [3.05, 3.63) is 71.8 Å². The van der Waals surface area contributed by atoms with E-state index in [0.29, 0.717) is 23.2 Å². The smallest absolute Gasteiger partial charge is 0.234 e. The highest BCUT2D eigenvalue weighted by Crippen LogP contribution is 2.40. The summed E-state index contributed by atoms with van der Waals surface area (Å²) in [5.41, 5.74) is 10.0. The Balaban J connectivity index is 1.42. The zero-order valence-electron chi connectivity index (χ0n) is 18.6. The van der Waals surface area contributed by atoms with Gasteiger partial charge in [-0.1, -0.05) is 17.8 Å². The number of hydrogen-bond acceptors (Lipinski definition) is 8. The minimum atomic E-state index is -0.116. The second-order valence-corrected chi connectivity index (χ2v) is 9.83. The molecule has 8 nitrogen and oxygen atoms in total. The summed E-state index contributed by atoms with van der Waals surface area (Å²) in [6, 6.07) is 13.5. The van der Waals surface area contributed by atoms with Crippen molar-refractivity contribution in [3.63, 3.8) is 0 Å². The fourth-order valence-corrected chi connectivity index (χ4v) is 5.55. The zero-order valence-corrected chi connectivity index (χ0v) is 20.2. The van der Waals surface area contributed by atoms with Crippen molar-refractivity contribution >= 4 is 50.6 Å². The number of nitrogens with one attached hydrogen (secondary N) is 1. The molecule has 0 saturated heterocycles. The van der Waals surface area contributed by atoms with Crippen molar-refractivity contribution in [1.29, 1.82) is 0 Å². The minimum Gasteiger partial charge on any atom is -0.467 e. The Labute approximate surface area is 204 Å². The van der Waals surface area contributed by atoms with Crippen molar-refractivity contribution < 1.29 is 9.21 Å². The minimum absolute atomic E-state index is 0.116. The first-order chi connectivity index (χ1) is 16.5. The topological polar surface area (TPSA) is 112 Å². The van der Waals surface area contributed by atoms with Gasteiger partial charge < -0.3 is 15.5 Å². The third-order valence-corrected chi connectivity index (χ3v) is 7.25. The summed E-state index contributed by atoms with van der Waals surface area (Å²) in [5, 5.41) is 13.3. The molecule has 0 spiro atoms. The quantitative estimate of drug-likeness (QED) is 0.304. The average molecular weight is 491 g/mol. The molecule has 0 aliphatic heterocycles. The number of nitrogens with zero attached hydrogens (tertiary/aromatic N) is 4. The molecular formula is C24H22N6O2S2. The van der Waals surface area contributed by atoms with E-state index in [2.05, 4.69) is 26.6 Å². The van der Waals surface area contributed by atoms with Crippen LogP contribution >= 0.6 is 23.1 Å². The lowest BCUT2D eigenvalue weighted by Gasteiger charge is -2.09. The molecule has 4 aromatic heterocycles. The van der Waals surface area contributed by atoms with Crippen LogP contribution in [0.25, 0.3) is 20.9 Å². The van der Waals surface area contributed by atoms with E-state index in [1.165, 1.54) is 23.1 Å². The Morgan fingerprint density at radius 1 is 1.18 bits per heavy atom. The number of nitrogen functional groups attached to an aromatic ring is 1. The molecule has 1 aromatic carbocycles. The molecule has 0 aliphatic carbocycles. The Kier molecular flexibility index (Phi) is 6.08. The number of carbonyl (C=O) groups excluding carboxylic acids is 1. The summed E-state index contributed by atoms with van der Waals surface area (Å²) in [4.78, 5) is 18.7. The highest BCUT2D eigenvalue weighted by molar-refractivity contribution is 7.99. The van der Waals surface area contributed by atoms with Gasteiger partial charge in [0.1, 0.15) is 10.6 Å². The van der Waals surface area contributed by atoms with Gasteiger partial charge in [0.05, 0.1) is 29.1 Å². The van der Waals surface area contributed by atoms with Gasteiger partial charge in [-0.3, -0.25) is 9.36 Å². The third kappa shape index (κ3) is 4.55. The summed E-state index contributed by atoms with van der Waals surface area (Å²) in [6.45, 7) is 4.42. The maximum atomic E-state index is 12.7. The number of aryl methyl sites for hydroxylation is 2. The number of anilines is 2. The summed E-state index contributed by atoms with van der Waals surface area (Å²) in [5.74, 6) is 1.44. The molecule has 34 heavy (non-hydrogen) atoms. The molecule has 0 saturated carbocycles. The Morgan fingerprint density at radius 3 is 2.74 bits per heavy atom. The lowest BCUT2D eigenvalue weighted by Crippen LogP contribution is -2.15. The van der Waals surface area contributed by atoms with E-state index in [4.69, 9.17) is 10.2 Å². The van der Waals surface area contributed by atoms with E-state index in [0.717, 1.165) is 37.7 Å². The molecule has 0 unspecified atom stereocenters. The number of thiophene rings is 1. The second kappa shape index (κ2) is 9.32. The molecular weight excluding hydrogens is 468 g/mol. The predicted molar refractivity (Wildman–Crippen MR) is 136 cm³/mol. The first-order valence-electron chi connectivity index (χ1n) is 10.6. The van der Waals surface area contributed by atoms with Crippen LogP contribution < -0.4 is 11.1 Å². The predicted octanol–water partition coefficient (Wildman–Crippen LogP) is 5.13. The number of hydrogen-bond donors (Lipinski definition) is 2. The second-order valence-electron chi connectivity index (χ2n) is 7.89. The van der Waals surface area contributed by atoms with Gasteiger partial charge in [0.25, 0.3) is 0 Å². The molecule has 172 valence electrons. The zero-order chi connectivity index (χ0) is 23.7. The first-order valence-corrected chi connectivity index (χ1v) is 12.4. The van der Waals surface area contributed by atoms with Gasteiger partial charge in [-0.05, 0) is 61.4 Å². The van der Waals surface area contributed by atoms with Crippen molar-refractivity contribution in [1.82, 2.24) is 19.7 Å². The SMILES string of the molecule is Cc1cc(C)cc(NC(=O)CSc2nnc(-c3sc4ncccc4c3N)n2Cc2ccco2)c1. The Bertz CT molecular complexity index is 1450. The molecule has 0 fully saturated rings. The monoisotopic (exact) mass is 490 g/mol. The van der Waals surface area contributed by atoms with Crippen molar-refractivity contribution in [2.75, 3.05) is 16.8 Å². The molecule has 0 atom stereocenters. The van der Waals surface area contributed by atoms with Gasteiger partial charge in [0.2, 0.25) is 5.91 Å². The number of furan rings is 1. The first kappa shape index (κ1) is 22.2. The molecule has 1 amide bonds. The standard InChI is InChI=1S/C24H22N6O2S2/c1-14-9-15(2)11-16(10-14)27-19(31)13-33-24-29-28-22(30(24)12-17-5-4-8-32-17)21-20(25)18-6-3-7-26-23(18)34-21/h3-11H,12-13,25H2,1-2H3,(H,27,31). The van der Waals surface area contributed by atoms with Crippen LogP contribution in [0.4, 0.5) is 11.4 Å². The molecule has 0 aliphatic rings. The van der Waals surface area contributed by atoms with Crippen LogP contribution in [-0.4, -0.2) is 31.4 Å². The van der Waals surface area contributed by atoms with E-state index in [9.17, 15) is 4.79 Å². The number of rotatable bonds is 7. The molecule has 4 heterocycles. The number of thioether (sulfide) groups is 1. The van der Waals surface area contributed by atoms with Crippen LogP contribution in [0.1, 0.15) is 16.9 Å². The number of fused-ring (bicyclic) bond motifs is 1. The Morgan fingerprint density at radius 2 is 2.00 bits per heavy atom. The fourth-order valence-electron chi connectivity index (χ4n) is 3.76. The van der Waals surface area contributed by atoms with E-state index in [1.54, 1.807) is 12.5 Å². The normalized spacial score (nSPS) is 11.2. The van der Waals surface area contributed by atoms with Gasteiger partial charge in [0, 0.05) is 17.3 Å². The molecule has 10 heteroatoms. The van der Waals surface area contributed by atoms with Crippen LogP contribution in [-0.2, 0) is 11.3 Å². The summed E-state index contributed by atoms with van der Waals surface area (Å²) < 4.78 is 7.49. The maximum absolute atomic E-state index is 12.7. The highest BCUT2D eigenvalue weighted by Gasteiger charge is 2.22. The maximum Gasteiger partial charge on any atom is 0.234 e. The molecule has 0 radical (unpaired) electrons. The summed E-state index contributed by atoms with van der Waals surface area (Å²) >= 11 is 2.78. The number of aromatic nitrogens is 4. The van der Waals surface area contributed by atoms with Gasteiger partial charge in [0.15, 0.2) is 11.0 Å². The number of nitrogens with two attached hydrogens (primary N) is 1. The lowest BCUT2D eigenvalue weighted by atomic mass is 10.1. The van der Waals surface area contributed by atoms with Gasteiger partial charge in [-0.15, -0.1) is 21.5 Å². The number of carbonyl (C=O) groups is 1. The van der Waals surface area contributed by atoms with E-state index >= 15 is 0 Å². The number of amides is 1. The fraction of sp³-hybridized carbons (Fsp3) is 0.167. The van der Waals surface area contributed by atoms with Crippen molar-refractivity contribution in [3.8, 4) is 10.7 Å².